The summed E-state index contributed by atoms with van der Waals surface area (Å²) in [6.45, 7) is 3.47. The van der Waals surface area contributed by atoms with E-state index in [1.807, 2.05) is 6.92 Å². The van der Waals surface area contributed by atoms with Crippen LogP contribution in [0.2, 0.25) is 0 Å². The molecule has 96 valence electrons. The van der Waals surface area contributed by atoms with Crippen LogP contribution in [0.1, 0.15) is 22.7 Å². The Hall–Kier alpha value is -1.23. The van der Waals surface area contributed by atoms with E-state index < -0.39 is 12.2 Å². The zero-order chi connectivity index (χ0) is 13.2. The molecule has 0 aromatic heterocycles. The van der Waals surface area contributed by atoms with E-state index in [2.05, 4.69) is 5.32 Å². The standard InChI is InChI=1S/C12H16F3NO/c1-7-5-8(2)10(9(6-7)17-4)11(16-3)12(13,14)15/h5-6,11,16H,1-4H3. The highest BCUT2D eigenvalue weighted by atomic mass is 19.4. The van der Waals surface area contributed by atoms with E-state index in [4.69, 9.17) is 4.74 Å². The van der Waals surface area contributed by atoms with Gasteiger partial charge >= 0.3 is 6.18 Å². The van der Waals surface area contributed by atoms with Crippen molar-refractivity contribution in [3.8, 4) is 5.75 Å². The number of nitrogens with one attached hydrogen (secondary N) is 1. The number of rotatable bonds is 3. The number of benzene rings is 1. The van der Waals surface area contributed by atoms with Crippen molar-refractivity contribution in [2.75, 3.05) is 14.2 Å². The molecule has 0 aliphatic rings. The van der Waals surface area contributed by atoms with Crippen LogP contribution in [-0.2, 0) is 0 Å². The van der Waals surface area contributed by atoms with Crippen LogP contribution in [0.3, 0.4) is 0 Å². The van der Waals surface area contributed by atoms with Gasteiger partial charge in [-0.1, -0.05) is 6.07 Å². The summed E-state index contributed by atoms with van der Waals surface area (Å²) >= 11 is 0. The highest BCUT2D eigenvalue weighted by Gasteiger charge is 2.42. The van der Waals surface area contributed by atoms with Crippen molar-refractivity contribution in [2.24, 2.45) is 0 Å². The summed E-state index contributed by atoms with van der Waals surface area (Å²) in [6.07, 6.45) is -4.35. The normalized spacial score (nSPS) is 13.6. The van der Waals surface area contributed by atoms with E-state index in [-0.39, 0.29) is 11.3 Å². The van der Waals surface area contributed by atoms with Crippen molar-refractivity contribution in [3.05, 3.63) is 28.8 Å². The molecule has 0 aliphatic heterocycles. The molecule has 1 aromatic rings. The van der Waals surface area contributed by atoms with Gasteiger partial charge in [0.05, 0.1) is 7.11 Å². The Morgan fingerprint density at radius 1 is 1.24 bits per heavy atom. The molecule has 1 aromatic carbocycles. The van der Waals surface area contributed by atoms with Crippen LogP contribution >= 0.6 is 0 Å². The molecular formula is C12H16F3NO. The lowest BCUT2D eigenvalue weighted by Gasteiger charge is -2.24. The van der Waals surface area contributed by atoms with Crippen LogP contribution < -0.4 is 10.1 Å². The van der Waals surface area contributed by atoms with Gasteiger partial charge in [-0.3, -0.25) is 0 Å². The van der Waals surface area contributed by atoms with E-state index in [0.29, 0.717) is 5.56 Å². The Bertz CT molecular complexity index is 401. The van der Waals surface area contributed by atoms with Crippen molar-refractivity contribution < 1.29 is 17.9 Å². The van der Waals surface area contributed by atoms with E-state index in [1.54, 1.807) is 19.1 Å². The third-order valence-electron chi connectivity index (χ3n) is 2.62. The summed E-state index contributed by atoms with van der Waals surface area (Å²) in [7, 11) is 2.66. The van der Waals surface area contributed by atoms with Crippen LogP contribution in [-0.4, -0.2) is 20.3 Å². The highest BCUT2D eigenvalue weighted by molar-refractivity contribution is 5.45. The molecule has 0 spiro atoms. The second-order valence-electron chi connectivity index (χ2n) is 3.96. The third kappa shape index (κ3) is 2.91. The number of hydrogen-bond donors (Lipinski definition) is 1. The lowest BCUT2D eigenvalue weighted by atomic mass is 9.97. The number of ether oxygens (including phenoxy) is 1. The molecule has 1 rings (SSSR count). The van der Waals surface area contributed by atoms with Crippen molar-refractivity contribution in [3.63, 3.8) is 0 Å². The van der Waals surface area contributed by atoms with E-state index in [1.165, 1.54) is 14.2 Å². The second-order valence-corrected chi connectivity index (χ2v) is 3.96. The zero-order valence-corrected chi connectivity index (χ0v) is 10.3. The van der Waals surface area contributed by atoms with Crippen LogP contribution in [0.25, 0.3) is 0 Å². The Kier molecular flexibility index (Phi) is 4.03. The molecule has 1 unspecified atom stereocenters. The monoisotopic (exact) mass is 247 g/mol. The van der Waals surface area contributed by atoms with Gasteiger partial charge < -0.3 is 10.1 Å². The zero-order valence-electron chi connectivity index (χ0n) is 10.3. The third-order valence-corrected chi connectivity index (χ3v) is 2.62. The molecule has 2 nitrogen and oxygen atoms in total. The summed E-state index contributed by atoms with van der Waals surface area (Å²) in [4.78, 5) is 0. The first-order chi connectivity index (χ1) is 7.81. The molecule has 0 fully saturated rings. The SMILES string of the molecule is CNC(c1c(C)cc(C)cc1OC)C(F)(F)F. The predicted octanol–water partition coefficient (Wildman–Crippen LogP) is 3.13. The fourth-order valence-corrected chi connectivity index (χ4v) is 1.95. The average Bonchev–Trinajstić information content (AvgIpc) is 2.19. The molecule has 5 heteroatoms. The maximum absolute atomic E-state index is 12.9. The van der Waals surface area contributed by atoms with Gasteiger partial charge in [-0.05, 0) is 38.1 Å². The molecule has 0 heterocycles. The van der Waals surface area contributed by atoms with E-state index in [9.17, 15) is 13.2 Å². The quantitative estimate of drug-likeness (QED) is 0.886. The maximum atomic E-state index is 12.9. The topological polar surface area (TPSA) is 21.3 Å². The molecule has 1 N–H and O–H groups in total. The van der Waals surface area contributed by atoms with Crippen molar-refractivity contribution in [1.29, 1.82) is 0 Å². The number of aryl methyl sites for hydroxylation is 2. The first kappa shape index (κ1) is 13.8. The summed E-state index contributed by atoms with van der Waals surface area (Å²) in [6, 6.07) is 1.62. The number of halogens is 3. The molecule has 0 saturated carbocycles. The second kappa shape index (κ2) is 4.96. The van der Waals surface area contributed by atoms with Gasteiger partial charge in [0.2, 0.25) is 0 Å². The number of hydrogen-bond acceptors (Lipinski definition) is 2. The van der Waals surface area contributed by atoms with Gasteiger partial charge in [-0.25, -0.2) is 0 Å². The molecule has 1 atom stereocenters. The summed E-state index contributed by atoms with van der Waals surface area (Å²) < 4.78 is 43.7. The van der Waals surface area contributed by atoms with Gasteiger partial charge in [-0.15, -0.1) is 0 Å². The van der Waals surface area contributed by atoms with Crippen LogP contribution in [0.5, 0.6) is 5.75 Å². The Morgan fingerprint density at radius 2 is 1.82 bits per heavy atom. The largest absolute Gasteiger partial charge is 0.496 e. The number of methoxy groups -OCH3 is 1. The molecule has 0 radical (unpaired) electrons. The molecule has 0 amide bonds. The highest BCUT2D eigenvalue weighted by Crippen LogP contribution is 2.39. The lowest BCUT2D eigenvalue weighted by molar-refractivity contribution is -0.156. The van der Waals surface area contributed by atoms with Gasteiger partial charge in [0.1, 0.15) is 11.8 Å². The minimum atomic E-state index is -4.35. The van der Waals surface area contributed by atoms with Crippen molar-refractivity contribution in [2.45, 2.75) is 26.1 Å². The fourth-order valence-electron chi connectivity index (χ4n) is 1.95. The predicted molar refractivity (Wildman–Crippen MR) is 60.3 cm³/mol. The van der Waals surface area contributed by atoms with Crippen LogP contribution in [0, 0.1) is 13.8 Å². The Balaban J connectivity index is 3.37. The first-order valence-electron chi connectivity index (χ1n) is 5.20. The summed E-state index contributed by atoms with van der Waals surface area (Å²) in [5.41, 5.74) is 1.59. The molecule has 0 saturated heterocycles. The maximum Gasteiger partial charge on any atom is 0.408 e. The van der Waals surface area contributed by atoms with Gasteiger partial charge in [0, 0.05) is 5.56 Å². The fraction of sp³-hybridized carbons (Fsp3) is 0.500. The van der Waals surface area contributed by atoms with Gasteiger partial charge in [0.25, 0.3) is 0 Å². The van der Waals surface area contributed by atoms with Gasteiger partial charge in [0.15, 0.2) is 0 Å². The van der Waals surface area contributed by atoms with E-state index in [0.717, 1.165) is 5.56 Å². The van der Waals surface area contributed by atoms with Gasteiger partial charge in [-0.2, -0.15) is 13.2 Å². The van der Waals surface area contributed by atoms with Crippen molar-refractivity contribution >= 4 is 0 Å². The molecule has 17 heavy (non-hydrogen) atoms. The average molecular weight is 247 g/mol. The summed E-state index contributed by atoms with van der Waals surface area (Å²) in [5, 5.41) is 2.29. The Labute approximate surface area is 98.8 Å². The van der Waals surface area contributed by atoms with Crippen LogP contribution in [0.4, 0.5) is 13.2 Å². The minimum Gasteiger partial charge on any atom is -0.496 e. The summed E-state index contributed by atoms with van der Waals surface area (Å²) in [5.74, 6) is 0.263. The Morgan fingerprint density at radius 3 is 2.24 bits per heavy atom. The number of alkyl halides is 3. The molecular weight excluding hydrogens is 231 g/mol. The molecule has 0 bridgehead atoms. The molecule has 0 aliphatic carbocycles. The lowest BCUT2D eigenvalue weighted by Crippen LogP contribution is -2.32. The van der Waals surface area contributed by atoms with E-state index >= 15 is 0 Å². The minimum absolute atomic E-state index is 0.146. The van der Waals surface area contributed by atoms with Crippen LogP contribution in [0.15, 0.2) is 12.1 Å². The first-order valence-corrected chi connectivity index (χ1v) is 5.20. The smallest absolute Gasteiger partial charge is 0.408 e. The van der Waals surface area contributed by atoms with Crippen molar-refractivity contribution in [1.82, 2.24) is 5.32 Å².